The number of azide groups is 1. The van der Waals surface area contributed by atoms with Crippen LogP contribution in [0.15, 0.2) is 27.9 Å². The quantitative estimate of drug-likeness (QED) is 0.488. The first-order valence-electron chi connectivity index (χ1n) is 5.13. The molecule has 0 aliphatic carbocycles. The molecule has 1 unspecified atom stereocenters. The van der Waals surface area contributed by atoms with E-state index in [4.69, 9.17) is 5.53 Å². The van der Waals surface area contributed by atoms with E-state index in [2.05, 4.69) is 30.9 Å². The van der Waals surface area contributed by atoms with Gasteiger partial charge in [0.15, 0.2) is 0 Å². The van der Waals surface area contributed by atoms with Crippen LogP contribution in [0.25, 0.3) is 10.4 Å². The van der Waals surface area contributed by atoms with Gasteiger partial charge < -0.3 is 0 Å². The van der Waals surface area contributed by atoms with Crippen molar-refractivity contribution in [1.29, 1.82) is 0 Å². The van der Waals surface area contributed by atoms with Crippen LogP contribution < -0.4 is 4.90 Å². The topological polar surface area (TPSA) is 82.0 Å². The number of nitrogens with zero attached hydrogens (tertiary/aromatic N) is 5. The second-order valence-corrected chi connectivity index (χ2v) is 4.74. The second kappa shape index (κ2) is 5.16. The molecule has 1 atom stereocenters. The Hall–Kier alpha value is -1.59. The summed E-state index contributed by atoms with van der Waals surface area (Å²) in [6.45, 7) is 0.911. The zero-order valence-corrected chi connectivity index (χ0v) is 10.5. The predicted molar refractivity (Wildman–Crippen MR) is 66.4 cm³/mol. The lowest BCUT2D eigenvalue weighted by Crippen LogP contribution is -2.25. The van der Waals surface area contributed by atoms with Crippen LogP contribution in [0.4, 0.5) is 5.82 Å². The summed E-state index contributed by atoms with van der Waals surface area (Å²) in [5, 5.41) is 3.51. The summed E-state index contributed by atoms with van der Waals surface area (Å²) in [5.41, 5.74) is 8.25. The van der Waals surface area contributed by atoms with Crippen molar-refractivity contribution >= 4 is 27.7 Å². The number of pyridine rings is 1. The van der Waals surface area contributed by atoms with Crippen LogP contribution in [0.5, 0.6) is 0 Å². The summed E-state index contributed by atoms with van der Waals surface area (Å²) >= 11 is 3.34. The molecule has 0 saturated carbocycles. The van der Waals surface area contributed by atoms with E-state index in [0.717, 1.165) is 4.47 Å². The fourth-order valence-corrected chi connectivity index (χ4v) is 2.14. The number of halogens is 1. The fourth-order valence-electron chi connectivity index (χ4n) is 1.82. The van der Waals surface area contributed by atoms with E-state index in [1.807, 2.05) is 6.07 Å². The number of hydrogen-bond donors (Lipinski definition) is 0. The second-order valence-electron chi connectivity index (χ2n) is 3.82. The minimum absolute atomic E-state index is 0.0220. The first-order valence-corrected chi connectivity index (χ1v) is 5.93. The number of hydrogen-bond acceptors (Lipinski definition) is 3. The third-order valence-corrected chi connectivity index (χ3v) is 3.09. The van der Waals surface area contributed by atoms with Crippen molar-refractivity contribution in [2.75, 3.05) is 18.0 Å². The number of amides is 1. The van der Waals surface area contributed by atoms with Gasteiger partial charge in [0.1, 0.15) is 5.82 Å². The van der Waals surface area contributed by atoms with Gasteiger partial charge in [-0.1, -0.05) is 21.0 Å². The molecule has 6 nitrogen and oxygen atoms in total. The highest BCUT2D eigenvalue weighted by atomic mass is 79.9. The number of rotatable bonds is 3. The molecule has 2 heterocycles. The van der Waals surface area contributed by atoms with Crippen molar-refractivity contribution in [3.63, 3.8) is 0 Å². The lowest BCUT2D eigenvalue weighted by molar-refractivity contribution is -0.117. The van der Waals surface area contributed by atoms with Crippen molar-refractivity contribution in [2.24, 2.45) is 11.0 Å². The van der Waals surface area contributed by atoms with Gasteiger partial charge in [0.05, 0.1) is 0 Å². The highest BCUT2D eigenvalue weighted by molar-refractivity contribution is 9.10. The summed E-state index contributed by atoms with van der Waals surface area (Å²) in [5.74, 6) is 0.737. The molecular formula is C10H10BrN5O. The molecule has 1 aromatic rings. The summed E-state index contributed by atoms with van der Waals surface area (Å²) in [6.07, 6.45) is 2.06. The Labute approximate surface area is 106 Å². The highest BCUT2D eigenvalue weighted by Gasteiger charge is 2.30. The van der Waals surface area contributed by atoms with E-state index in [1.165, 1.54) is 0 Å². The van der Waals surface area contributed by atoms with Crippen LogP contribution in [-0.2, 0) is 4.79 Å². The third kappa shape index (κ3) is 2.75. The zero-order chi connectivity index (χ0) is 12.3. The normalized spacial score (nSPS) is 19.2. The molecule has 0 radical (unpaired) electrons. The minimum Gasteiger partial charge on any atom is -0.297 e. The lowest BCUT2D eigenvalue weighted by atomic mass is 10.1. The van der Waals surface area contributed by atoms with Crippen molar-refractivity contribution in [1.82, 2.24) is 4.98 Å². The average molecular weight is 296 g/mol. The maximum atomic E-state index is 11.8. The maximum Gasteiger partial charge on any atom is 0.228 e. The van der Waals surface area contributed by atoms with Crippen LogP contribution >= 0.6 is 15.9 Å². The van der Waals surface area contributed by atoms with Gasteiger partial charge in [-0.25, -0.2) is 4.98 Å². The molecular weight excluding hydrogens is 286 g/mol. The molecule has 1 aliphatic rings. The van der Waals surface area contributed by atoms with E-state index in [1.54, 1.807) is 17.2 Å². The van der Waals surface area contributed by atoms with Crippen LogP contribution in [0, 0.1) is 5.92 Å². The van der Waals surface area contributed by atoms with Gasteiger partial charge in [-0.15, -0.1) is 0 Å². The number of carbonyl (C=O) groups excluding carboxylic acids is 1. The van der Waals surface area contributed by atoms with E-state index < -0.39 is 0 Å². The lowest BCUT2D eigenvalue weighted by Gasteiger charge is -2.15. The summed E-state index contributed by atoms with van der Waals surface area (Å²) in [4.78, 5) is 20.3. The number of carbonyl (C=O) groups is 1. The molecule has 1 aliphatic heterocycles. The van der Waals surface area contributed by atoms with Crippen LogP contribution in [-0.4, -0.2) is 24.0 Å². The highest BCUT2D eigenvalue weighted by Crippen LogP contribution is 2.25. The van der Waals surface area contributed by atoms with Gasteiger partial charge in [0.25, 0.3) is 0 Å². The Bertz CT molecular complexity index is 485. The molecule has 1 amide bonds. The predicted octanol–water partition coefficient (Wildman–Crippen LogP) is 2.51. The summed E-state index contributed by atoms with van der Waals surface area (Å²) < 4.78 is 0.883. The SMILES string of the molecule is [N-]=[N+]=NCC1CC(=O)N(c2cc(Br)ccn2)C1. The molecule has 2 rings (SSSR count). The molecule has 0 aromatic carbocycles. The van der Waals surface area contributed by atoms with E-state index >= 15 is 0 Å². The van der Waals surface area contributed by atoms with Crippen molar-refractivity contribution in [3.05, 3.63) is 33.2 Å². The average Bonchev–Trinajstić information content (AvgIpc) is 2.68. The van der Waals surface area contributed by atoms with Crippen molar-refractivity contribution < 1.29 is 4.79 Å². The van der Waals surface area contributed by atoms with Crippen LogP contribution in [0.3, 0.4) is 0 Å². The first-order chi connectivity index (χ1) is 8.20. The largest absolute Gasteiger partial charge is 0.297 e. The Kier molecular flexibility index (Phi) is 3.61. The molecule has 0 N–H and O–H groups in total. The molecule has 1 fully saturated rings. The number of anilines is 1. The van der Waals surface area contributed by atoms with Crippen LogP contribution in [0.1, 0.15) is 6.42 Å². The van der Waals surface area contributed by atoms with Gasteiger partial charge in [-0.2, -0.15) is 0 Å². The fraction of sp³-hybridized carbons (Fsp3) is 0.400. The van der Waals surface area contributed by atoms with Gasteiger partial charge >= 0.3 is 0 Å². The standard InChI is InChI=1S/C10H10BrN5O/c11-8-1-2-13-9(4-8)16-6-7(3-10(16)17)5-14-15-12/h1-2,4,7H,3,5-6H2. The Morgan fingerprint density at radius 1 is 1.71 bits per heavy atom. The van der Waals surface area contributed by atoms with E-state index in [-0.39, 0.29) is 11.8 Å². The van der Waals surface area contributed by atoms with Crippen molar-refractivity contribution in [3.8, 4) is 0 Å². The molecule has 17 heavy (non-hydrogen) atoms. The summed E-state index contributed by atoms with van der Waals surface area (Å²) in [6, 6.07) is 3.61. The Morgan fingerprint density at radius 3 is 3.24 bits per heavy atom. The van der Waals surface area contributed by atoms with Gasteiger partial charge in [-0.05, 0) is 23.6 Å². The zero-order valence-electron chi connectivity index (χ0n) is 8.95. The van der Waals surface area contributed by atoms with Gasteiger partial charge in [0, 0.05) is 35.1 Å². The van der Waals surface area contributed by atoms with Crippen LogP contribution in [0.2, 0.25) is 0 Å². The maximum absolute atomic E-state index is 11.8. The Morgan fingerprint density at radius 2 is 2.53 bits per heavy atom. The molecule has 0 bridgehead atoms. The molecule has 1 aromatic heterocycles. The Balaban J connectivity index is 2.12. The van der Waals surface area contributed by atoms with Crippen molar-refractivity contribution in [2.45, 2.75) is 6.42 Å². The number of aromatic nitrogens is 1. The monoisotopic (exact) mass is 295 g/mol. The molecule has 7 heteroatoms. The van der Waals surface area contributed by atoms with E-state index in [0.29, 0.717) is 25.3 Å². The third-order valence-electron chi connectivity index (χ3n) is 2.59. The first kappa shape index (κ1) is 11.9. The minimum atomic E-state index is 0.0220. The molecule has 1 saturated heterocycles. The van der Waals surface area contributed by atoms with Gasteiger partial charge in [-0.3, -0.25) is 9.69 Å². The smallest absolute Gasteiger partial charge is 0.228 e. The molecule has 0 spiro atoms. The van der Waals surface area contributed by atoms with E-state index in [9.17, 15) is 4.79 Å². The molecule has 88 valence electrons. The van der Waals surface area contributed by atoms with Gasteiger partial charge in [0.2, 0.25) is 5.91 Å². The summed E-state index contributed by atoms with van der Waals surface area (Å²) in [7, 11) is 0.